The number of hydrogen-bond donors (Lipinski definition) is 2. The lowest BCUT2D eigenvalue weighted by atomic mass is 10.2. The van der Waals surface area contributed by atoms with E-state index in [0.29, 0.717) is 18.2 Å². The fourth-order valence-corrected chi connectivity index (χ4v) is 3.29. The normalized spacial score (nSPS) is 18.0. The van der Waals surface area contributed by atoms with Crippen LogP contribution in [0.2, 0.25) is 0 Å². The predicted molar refractivity (Wildman–Crippen MR) is 90.1 cm³/mol. The van der Waals surface area contributed by atoms with Gasteiger partial charge in [-0.15, -0.1) is 5.10 Å². The van der Waals surface area contributed by atoms with Crippen molar-refractivity contribution in [3.05, 3.63) is 35.7 Å². The zero-order valence-corrected chi connectivity index (χ0v) is 13.5. The highest BCUT2D eigenvalue weighted by atomic mass is 16.4. The van der Waals surface area contributed by atoms with E-state index in [1.165, 1.54) is 11.0 Å². The molecule has 0 unspecified atom stereocenters. The van der Waals surface area contributed by atoms with Crippen molar-refractivity contribution < 1.29 is 14.7 Å². The number of carbonyl (C=O) groups excluding carboxylic acids is 1. The van der Waals surface area contributed by atoms with Crippen molar-refractivity contribution in [3.63, 3.8) is 0 Å². The molecule has 2 aliphatic rings. The number of aromatic carboxylic acids is 1. The van der Waals surface area contributed by atoms with Crippen LogP contribution in [0.15, 0.2) is 24.4 Å². The van der Waals surface area contributed by atoms with Crippen LogP contribution in [-0.2, 0) is 0 Å². The maximum absolute atomic E-state index is 12.9. The molecule has 9 heteroatoms. The Balaban J connectivity index is 1.71. The summed E-state index contributed by atoms with van der Waals surface area (Å²) in [5, 5.41) is 19.7. The monoisotopic (exact) mass is 340 g/mol. The number of anilines is 3. The molecular formula is C16H16N6O3. The van der Waals surface area contributed by atoms with Gasteiger partial charge in [-0.3, -0.25) is 10.2 Å². The quantitative estimate of drug-likeness (QED) is 0.852. The summed E-state index contributed by atoms with van der Waals surface area (Å²) in [6.45, 7) is 3.36. The molecule has 0 radical (unpaired) electrons. The third-order valence-electron chi connectivity index (χ3n) is 4.42. The van der Waals surface area contributed by atoms with Crippen LogP contribution in [0.1, 0.15) is 22.5 Å². The minimum atomic E-state index is -1.12. The van der Waals surface area contributed by atoms with E-state index >= 15 is 0 Å². The van der Waals surface area contributed by atoms with Gasteiger partial charge >= 0.3 is 12.0 Å². The zero-order valence-electron chi connectivity index (χ0n) is 13.5. The number of carbonyl (C=O) groups is 2. The van der Waals surface area contributed by atoms with Gasteiger partial charge in [0.05, 0.1) is 17.9 Å². The van der Waals surface area contributed by atoms with E-state index in [1.54, 1.807) is 18.3 Å². The third-order valence-corrected chi connectivity index (χ3v) is 4.42. The van der Waals surface area contributed by atoms with Crippen LogP contribution in [0.5, 0.6) is 0 Å². The Kier molecular flexibility index (Phi) is 3.48. The van der Waals surface area contributed by atoms with E-state index in [4.69, 9.17) is 0 Å². The summed E-state index contributed by atoms with van der Waals surface area (Å²) >= 11 is 0. The second-order valence-corrected chi connectivity index (χ2v) is 6.15. The van der Waals surface area contributed by atoms with Crippen molar-refractivity contribution in [1.82, 2.24) is 15.2 Å². The van der Waals surface area contributed by atoms with Crippen molar-refractivity contribution in [3.8, 4) is 0 Å². The fourth-order valence-electron chi connectivity index (χ4n) is 3.29. The molecule has 2 aromatic heterocycles. The van der Waals surface area contributed by atoms with Crippen molar-refractivity contribution in [1.29, 1.82) is 0 Å². The van der Waals surface area contributed by atoms with Crippen molar-refractivity contribution in [2.45, 2.75) is 19.4 Å². The number of aromatic nitrogens is 3. The number of fused-ring (bicyclic) bond motifs is 4. The van der Waals surface area contributed by atoms with E-state index in [9.17, 15) is 14.7 Å². The first-order chi connectivity index (χ1) is 12.0. The molecule has 4 heterocycles. The molecule has 2 bridgehead atoms. The first-order valence-electron chi connectivity index (χ1n) is 7.92. The highest BCUT2D eigenvalue weighted by Crippen LogP contribution is 2.39. The van der Waals surface area contributed by atoms with Crippen molar-refractivity contribution >= 4 is 29.3 Å². The van der Waals surface area contributed by atoms with E-state index in [0.717, 1.165) is 24.2 Å². The number of rotatable bonds is 2. The lowest BCUT2D eigenvalue weighted by Crippen LogP contribution is -2.48. The number of aryl methyl sites for hydroxylation is 1. The standard InChI is InChI=1S/C16H16N6O3/c1-9-6-13(20-17-7-9)19-16(25)22-10-4-5-21(8-10)12-3-2-11(15(23)24)18-14(12)22/h2-3,6-7,10H,4-5,8H2,1H3,(H,23,24)(H,19,20,25)/t10-/m0/s1. The van der Waals surface area contributed by atoms with E-state index in [2.05, 4.69) is 25.4 Å². The summed E-state index contributed by atoms with van der Waals surface area (Å²) in [5.41, 5.74) is 1.56. The first-order valence-corrected chi connectivity index (χ1v) is 7.92. The molecule has 1 saturated heterocycles. The Bertz CT molecular complexity index is 871. The molecular weight excluding hydrogens is 324 g/mol. The molecule has 9 nitrogen and oxygen atoms in total. The zero-order chi connectivity index (χ0) is 17.6. The predicted octanol–water partition coefficient (Wildman–Crippen LogP) is 1.51. The molecule has 1 fully saturated rings. The van der Waals surface area contributed by atoms with Crippen LogP contribution < -0.4 is 15.1 Å². The molecule has 128 valence electrons. The Labute approximate surface area is 143 Å². The smallest absolute Gasteiger partial charge is 0.354 e. The number of nitrogens with zero attached hydrogens (tertiary/aromatic N) is 5. The lowest BCUT2D eigenvalue weighted by molar-refractivity contribution is 0.0690. The van der Waals surface area contributed by atoms with Gasteiger partial charge in [-0.1, -0.05) is 0 Å². The third kappa shape index (κ3) is 2.63. The molecule has 25 heavy (non-hydrogen) atoms. The van der Waals surface area contributed by atoms with Crippen LogP contribution in [-0.4, -0.2) is 51.4 Å². The summed E-state index contributed by atoms with van der Waals surface area (Å²) in [6.07, 6.45) is 2.40. The van der Waals surface area contributed by atoms with Gasteiger partial charge < -0.3 is 10.0 Å². The number of urea groups is 1. The molecule has 0 spiro atoms. The Morgan fingerprint density at radius 3 is 2.96 bits per heavy atom. The average Bonchev–Trinajstić information content (AvgIpc) is 2.99. The van der Waals surface area contributed by atoms with Crippen molar-refractivity contribution in [2.75, 3.05) is 28.2 Å². The molecule has 2 aliphatic heterocycles. The molecule has 4 rings (SSSR count). The fraction of sp³-hybridized carbons (Fsp3) is 0.312. The Morgan fingerprint density at radius 1 is 1.36 bits per heavy atom. The largest absolute Gasteiger partial charge is 0.477 e. The summed E-state index contributed by atoms with van der Waals surface area (Å²) < 4.78 is 0. The van der Waals surface area contributed by atoms with Crippen LogP contribution in [0.3, 0.4) is 0 Å². The second-order valence-electron chi connectivity index (χ2n) is 6.15. The molecule has 0 saturated carbocycles. The molecule has 0 aliphatic carbocycles. The van der Waals surface area contributed by atoms with Gasteiger partial charge in [-0.2, -0.15) is 5.10 Å². The summed E-state index contributed by atoms with van der Waals surface area (Å²) in [5.74, 6) is -0.409. The second kappa shape index (κ2) is 5.69. The van der Waals surface area contributed by atoms with Crippen LogP contribution in [0.4, 0.5) is 22.1 Å². The minimum Gasteiger partial charge on any atom is -0.477 e. The van der Waals surface area contributed by atoms with Crippen LogP contribution >= 0.6 is 0 Å². The molecule has 1 atom stereocenters. The molecule has 2 amide bonds. The summed E-state index contributed by atoms with van der Waals surface area (Å²) in [7, 11) is 0. The van der Waals surface area contributed by atoms with Gasteiger partial charge in [-0.05, 0) is 37.1 Å². The Hall–Kier alpha value is -3.23. The van der Waals surface area contributed by atoms with Gasteiger partial charge in [0.25, 0.3) is 0 Å². The highest BCUT2D eigenvalue weighted by molar-refractivity contribution is 6.04. The number of hydrogen-bond acceptors (Lipinski definition) is 6. The summed E-state index contributed by atoms with van der Waals surface area (Å²) in [4.78, 5) is 32.0. The van der Waals surface area contributed by atoms with E-state index in [-0.39, 0.29) is 17.8 Å². The minimum absolute atomic E-state index is 0.0539. The SMILES string of the molecule is Cc1cnnc(NC(=O)N2c3nc(C(=O)O)ccc3N3CC[C@H]2C3)c1. The lowest BCUT2D eigenvalue weighted by Gasteiger charge is -2.35. The number of pyridine rings is 1. The Morgan fingerprint density at radius 2 is 2.20 bits per heavy atom. The maximum Gasteiger partial charge on any atom is 0.354 e. The van der Waals surface area contributed by atoms with Crippen molar-refractivity contribution in [2.24, 2.45) is 0 Å². The molecule has 2 aromatic rings. The van der Waals surface area contributed by atoms with Gasteiger partial charge in [0.2, 0.25) is 0 Å². The molecule has 0 aromatic carbocycles. The number of nitrogens with one attached hydrogen (secondary N) is 1. The van der Waals surface area contributed by atoms with Crippen LogP contribution in [0.25, 0.3) is 0 Å². The average molecular weight is 340 g/mol. The van der Waals surface area contributed by atoms with Gasteiger partial charge in [0, 0.05) is 13.1 Å². The van der Waals surface area contributed by atoms with E-state index in [1.807, 2.05) is 6.92 Å². The van der Waals surface area contributed by atoms with E-state index < -0.39 is 5.97 Å². The van der Waals surface area contributed by atoms with Gasteiger partial charge in [0.1, 0.15) is 0 Å². The first kappa shape index (κ1) is 15.3. The number of amides is 2. The topological polar surface area (TPSA) is 112 Å². The van der Waals surface area contributed by atoms with Gasteiger partial charge in [0.15, 0.2) is 17.3 Å². The summed E-state index contributed by atoms with van der Waals surface area (Å²) in [6, 6.07) is 4.45. The molecule has 2 N–H and O–H groups in total. The number of carboxylic acid groups (broad SMARTS) is 1. The van der Waals surface area contributed by atoms with Crippen LogP contribution in [0, 0.1) is 6.92 Å². The van der Waals surface area contributed by atoms with Gasteiger partial charge in [-0.25, -0.2) is 14.6 Å². The highest BCUT2D eigenvalue weighted by Gasteiger charge is 2.40. The maximum atomic E-state index is 12.9. The number of carboxylic acids is 1.